The summed E-state index contributed by atoms with van der Waals surface area (Å²) in [5.74, 6) is 1.89. The Morgan fingerprint density at radius 3 is 2.48 bits per heavy atom. The highest BCUT2D eigenvalue weighted by Gasteiger charge is 2.25. The average molecular weight is 291 g/mol. The van der Waals surface area contributed by atoms with E-state index in [1.165, 1.54) is 25.3 Å². The van der Waals surface area contributed by atoms with Gasteiger partial charge in [0.2, 0.25) is 0 Å². The van der Waals surface area contributed by atoms with Crippen LogP contribution in [-0.2, 0) is 6.54 Å². The minimum Gasteiger partial charge on any atom is -0.490 e. The zero-order valence-electron chi connectivity index (χ0n) is 13.1. The fourth-order valence-corrected chi connectivity index (χ4v) is 3.50. The van der Waals surface area contributed by atoms with Crippen LogP contribution in [-0.4, -0.2) is 12.1 Å². The summed E-state index contributed by atoms with van der Waals surface area (Å²) < 4.78 is 19.8. The molecule has 3 rings (SSSR count). The predicted molar refractivity (Wildman–Crippen MR) is 82.9 cm³/mol. The summed E-state index contributed by atoms with van der Waals surface area (Å²) in [6.45, 7) is 5.29. The second-order valence-corrected chi connectivity index (χ2v) is 7.11. The van der Waals surface area contributed by atoms with Gasteiger partial charge in [-0.1, -0.05) is 13.8 Å². The molecule has 2 nitrogen and oxygen atoms in total. The normalized spacial score (nSPS) is 29.4. The third kappa shape index (κ3) is 4.44. The van der Waals surface area contributed by atoms with Crippen LogP contribution in [0.1, 0.15) is 51.5 Å². The molecule has 0 radical (unpaired) electrons. The van der Waals surface area contributed by atoms with Crippen molar-refractivity contribution in [2.75, 3.05) is 0 Å². The van der Waals surface area contributed by atoms with Crippen molar-refractivity contribution in [3.05, 3.63) is 29.6 Å². The van der Waals surface area contributed by atoms with Crippen LogP contribution in [0.5, 0.6) is 5.75 Å². The number of benzene rings is 1. The van der Waals surface area contributed by atoms with Gasteiger partial charge in [0, 0.05) is 18.7 Å². The number of rotatable bonds is 5. The molecule has 0 aromatic heterocycles. The number of nitrogens with one attached hydrogen (secondary N) is 1. The third-order valence-electron chi connectivity index (χ3n) is 4.54. The molecule has 2 fully saturated rings. The molecule has 2 unspecified atom stereocenters. The van der Waals surface area contributed by atoms with Crippen molar-refractivity contribution < 1.29 is 9.13 Å². The van der Waals surface area contributed by atoms with Gasteiger partial charge in [-0.05, 0) is 61.6 Å². The van der Waals surface area contributed by atoms with E-state index >= 15 is 0 Å². The van der Waals surface area contributed by atoms with Gasteiger partial charge in [0.15, 0.2) is 0 Å². The monoisotopic (exact) mass is 291 g/mol. The van der Waals surface area contributed by atoms with Crippen molar-refractivity contribution >= 4 is 0 Å². The molecule has 0 spiro atoms. The fraction of sp³-hybridized carbons (Fsp3) is 0.667. The van der Waals surface area contributed by atoms with Gasteiger partial charge in [-0.3, -0.25) is 0 Å². The summed E-state index contributed by atoms with van der Waals surface area (Å²) in [5, 5.41) is 3.42. The number of halogens is 1. The van der Waals surface area contributed by atoms with E-state index in [9.17, 15) is 4.39 Å². The molecule has 1 N–H and O–H groups in total. The van der Waals surface area contributed by atoms with Gasteiger partial charge in [-0.2, -0.15) is 0 Å². The lowest BCUT2D eigenvalue weighted by atomic mass is 9.82. The van der Waals surface area contributed by atoms with Gasteiger partial charge < -0.3 is 10.1 Å². The summed E-state index contributed by atoms with van der Waals surface area (Å²) in [7, 11) is 0. The Balaban J connectivity index is 1.63. The Morgan fingerprint density at radius 1 is 1.10 bits per heavy atom. The van der Waals surface area contributed by atoms with Gasteiger partial charge in [-0.25, -0.2) is 4.39 Å². The molecule has 1 aromatic rings. The van der Waals surface area contributed by atoms with E-state index in [4.69, 9.17) is 4.74 Å². The van der Waals surface area contributed by atoms with Crippen molar-refractivity contribution in [3.8, 4) is 5.75 Å². The minimum atomic E-state index is -0.197. The van der Waals surface area contributed by atoms with Crippen LogP contribution < -0.4 is 10.1 Å². The lowest BCUT2D eigenvalue weighted by Crippen LogP contribution is -2.28. The zero-order valence-corrected chi connectivity index (χ0v) is 13.1. The Bertz CT molecular complexity index is 476. The predicted octanol–water partition coefficient (Wildman–Crippen LogP) is 4.28. The second-order valence-electron chi connectivity index (χ2n) is 7.11. The van der Waals surface area contributed by atoms with Crippen molar-refractivity contribution in [2.45, 2.75) is 64.6 Å². The van der Waals surface area contributed by atoms with Crippen LogP contribution in [0.2, 0.25) is 0 Å². The molecular formula is C18H26FNO. The van der Waals surface area contributed by atoms with Gasteiger partial charge in [0.05, 0.1) is 6.10 Å². The first-order valence-electron chi connectivity index (χ1n) is 8.28. The Kier molecular flexibility index (Phi) is 4.48. The summed E-state index contributed by atoms with van der Waals surface area (Å²) in [5.41, 5.74) is 0.980. The molecular weight excluding hydrogens is 265 g/mol. The van der Waals surface area contributed by atoms with Gasteiger partial charge in [0.1, 0.15) is 11.6 Å². The lowest BCUT2D eigenvalue weighted by Gasteiger charge is -2.31. The lowest BCUT2D eigenvalue weighted by molar-refractivity contribution is 0.101. The number of hydrogen-bond donors (Lipinski definition) is 1. The third-order valence-corrected chi connectivity index (χ3v) is 4.54. The quantitative estimate of drug-likeness (QED) is 0.874. The fourth-order valence-electron chi connectivity index (χ4n) is 3.50. The highest BCUT2D eigenvalue weighted by molar-refractivity contribution is 5.30. The highest BCUT2D eigenvalue weighted by atomic mass is 19.1. The maximum Gasteiger partial charge on any atom is 0.127 e. The van der Waals surface area contributed by atoms with E-state index in [-0.39, 0.29) is 11.9 Å². The molecule has 1 aromatic carbocycles. The summed E-state index contributed by atoms with van der Waals surface area (Å²) in [6, 6.07) is 5.75. The molecule has 2 aliphatic carbocycles. The van der Waals surface area contributed by atoms with Crippen LogP contribution in [0.4, 0.5) is 4.39 Å². The molecule has 3 heteroatoms. The van der Waals surface area contributed by atoms with Crippen LogP contribution >= 0.6 is 0 Å². The summed E-state index contributed by atoms with van der Waals surface area (Å²) in [6.07, 6.45) is 6.16. The first kappa shape index (κ1) is 14.8. The molecule has 2 saturated carbocycles. The van der Waals surface area contributed by atoms with Crippen LogP contribution in [0, 0.1) is 17.7 Å². The molecule has 0 amide bonds. The molecule has 0 aliphatic heterocycles. The second kappa shape index (κ2) is 6.35. The van der Waals surface area contributed by atoms with Crippen molar-refractivity contribution in [1.29, 1.82) is 0 Å². The largest absolute Gasteiger partial charge is 0.490 e. The molecule has 0 saturated heterocycles. The highest BCUT2D eigenvalue weighted by Crippen LogP contribution is 2.31. The van der Waals surface area contributed by atoms with Crippen molar-refractivity contribution in [2.24, 2.45) is 11.8 Å². The molecule has 2 aliphatic rings. The van der Waals surface area contributed by atoms with Gasteiger partial charge in [0.25, 0.3) is 0 Å². The first-order valence-corrected chi connectivity index (χ1v) is 8.28. The Labute approximate surface area is 127 Å². The minimum absolute atomic E-state index is 0.197. The topological polar surface area (TPSA) is 21.3 Å². The molecule has 0 heterocycles. The molecule has 0 bridgehead atoms. The maximum atomic E-state index is 13.8. The van der Waals surface area contributed by atoms with E-state index in [1.54, 1.807) is 6.07 Å². The SMILES string of the molecule is CC1CC(C)CC(Oc2cc(F)cc(CNC3CC3)c2)C1. The van der Waals surface area contributed by atoms with E-state index in [0.717, 1.165) is 24.9 Å². The van der Waals surface area contributed by atoms with Crippen LogP contribution in [0.25, 0.3) is 0 Å². The molecule has 116 valence electrons. The van der Waals surface area contributed by atoms with E-state index < -0.39 is 0 Å². The summed E-state index contributed by atoms with van der Waals surface area (Å²) >= 11 is 0. The molecule has 21 heavy (non-hydrogen) atoms. The Hall–Kier alpha value is -1.09. The van der Waals surface area contributed by atoms with Gasteiger partial charge in [-0.15, -0.1) is 0 Å². The zero-order chi connectivity index (χ0) is 14.8. The van der Waals surface area contributed by atoms with Gasteiger partial charge >= 0.3 is 0 Å². The first-order chi connectivity index (χ1) is 10.1. The van der Waals surface area contributed by atoms with E-state index in [2.05, 4.69) is 19.2 Å². The van der Waals surface area contributed by atoms with E-state index in [1.807, 2.05) is 6.07 Å². The average Bonchev–Trinajstić information content (AvgIpc) is 3.18. The van der Waals surface area contributed by atoms with Crippen LogP contribution in [0.3, 0.4) is 0 Å². The smallest absolute Gasteiger partial charge is 0.127 e. The molecule has 2 atom stereocenters. The summed E-state index contributed by atoms with van der Waals surface area (Å²) in [4.78, 5) is 0. The van der Waals surface area contributed by atoms with Crippen molar-refractivity contribution in [1.82, 2.24) is 5.32 Å². The van der Waals surface area contributed by atoms with Crippen LogP contribution in [0.15, 0.2) is 18.2 Å². The van der Waals surface area contributed by atoms with E-state index in [0.29, 0.717) is 23.6 Å². The number of ether oxygens (including phenoxy) is 1. The Morgan fingerprint density at radius 2 is 1.81 bits per heavy atom. The van der Waals surface area contributed by atoms with Crippen molar-refractivity contribution in [3.63, 3.8) is 0 Å². The number of hydrogen-bond acceptors (Lipinski definition) is 2. The standard InChI is InChI=1S/C18H26FNO/c1-12-5-13(2)7-17(6-12)21-18-9-14(8-15(19)10-18)11-20-16-3-4-16/h8-10,12-13,16-17,20H,3-7,11H2,1-2H3. The maximum absolute atomic E-state index is 13.8.